The minimum atomic E-state index is -0.608. The molecule has 0 N–H and O–H groups in total. The van der Waals surface area contributed by atoms with Crippen LogP contribution in [-0.4, -0.2) is 53.7 Å². The van der Waals surface area contributed by atoms with Crippen LogP contribution in [-0.2, 0) is 9.26 Å². The lowest BCUT2D eigenvalue weighted by Gasteiger charge is -2.39. The highest BCUT2D eigenvalue weighted by Crippen LogP contribution is 2.45. The Morgan fingerprint density at radius 2 is 1.75 bits per heavy atom. The second-order valence-corrected chi connectivity index (χ2v) is 9.45. The summed E-state index contributed by atoms with van der Waals surface area (Å²) in [6.07, 6.45) is 5.55. The van der Waals surface area contributed by atoms with Gasteiger partial charge in [0, 0.05) is 23.6 Å². The summed E-state index contributed by atoms with van der Waals surface area (Å²) in [7, 11) is 3.10. The number of terminal acetylenes is 1. The first-order chi connectivity index (χ1) is 9.47. The normalized spacial score (nSPS) is 25.1. The van der Waals surface area contributed by atoms with Gasteiger partial charge in [-0.15, -0.1) is 6.42 Å². The quantitative estimate of drug-likeness (QED) is 0.399. The molecule has 1 rings (SSSR count). The highest BCUT2D eigenvalue weighted by atomic mass is 33.1. The Morgan fingerprint density at radius 1 is 1.20 bits per heavy atom. The summed E-state index contributed by atoms with van der Waals surface area (Å²) in [6, 6.07) is 0.976. The molecule has 116 valence electrons. The van der Waals surface area contributed by atoms with Gasteiger partial charge in [-0.1, -0.05) is 27.5 Å². The van der Waals surface area contributed by atoms with Crippen LogP contribution in [0.4, 0.5) is 0 Å². The lowest BCUT2D eigenvalue weighted by molar-refractivity contribution is 0.0138. The van der Waals surface area contributed by atoms with Crippen molar-refractivity contribution in [2.75, 3.05) is 24.8 Å². The van der Waals surface area contributed by atoms with Gasteiger partial charge in [0.1, 0.15) is 21.0 Å². The molecule has 6 heteroatoms. The monoisotopic (exact) mass is 335 g/mol. The Bertz CT molecular complexity index is 315. The van der Waals surface area contributed by atoms with Crippen molar-refractivity contribution in [3.8, 4) is 12.3 Å². The van der Waals surface area contributed by atoms with Gasteiger partial charge in [0.15, 0.2) is 0 Å². The van der Waals surface area contributed by atoms with Crippen molar-refractivity contribution < 1.29 is 9.26 Å². The van der Waals surface area contributed by atoms with Gasteiger partial charge in [-0.25, -0.2) is 0 Å². The van der Waals surface area contributed by atoms with E-state index in [0.717, 1.165) is 11.5 Å². The van der Waals surface area contributed by atoms with E-state index in [4.69, 9.17) is 15.7 Å². The molecule has 0 aromatic heterocycles. The lowest BCUT2D eigenvalue weighted by atomic mass is 10.2. The third-order valence-corrected chi connectivity index (χ3v) is 7.58. The van der Waals surface area contributed by atoms with Gasteiger partial charge in [-0.05, 0) is 34.4 Å². The van der Waals surface area contributed by atoms with Crippen molar-refractivity contribution in [2.45, 2.75) is 52.0 Å². The molecule has 1 aliphatic heterocycles. The zero-order valence-electron chi connectivity index (χ0n) is 13.0. The molecule has 0 amide bonds. The Labute approximate surface area is 133 Å². The van der Waals surface area contributed by atoms with Crippen molar-refractivity contribution >= 4 is 29.9 Å². The minimum Gasteiger partial charge on any atom is -0.362 e. The van der Waals surface area contributed by atoms with E-state index in [-0.39, 0.29) is 12.2 Å². The Kier molecular flexibility index (Phi) is 8.90. The summed E-state index contributed by atoms with van der Waals surface area (Å²) in [5, 5.41) is 0. The maximum atomic E-state index is 6.35. The van der Waals surface area contributed by atoms with Gasteiger partial charge in [0.05, 0.1) is 6.10 Å². The van der Waals surface area contributed by atoms with Gasteiger partial charge >= 0.3 is 0 Å². The first kappa shape index (κ1) is 18.6. The van der Waals surface area contributed by atoms with Gasteiger partial charge < -0.3 is 9.26 Å². The first-order valence-corrected chi connectivity index (χ1v) is 11.1. The van der Waals surface area contributed by atoms with E-state index in [0.29, 0.717) is 18.7 Å². The Morgan fingerprint density at radius 3 is 2.25 bits per heavy atom. The van der Waals surface area contributed by atoms with Crippen molar-refractivity contribution in [2.24, 2.45) is 0 Å². The van der Waals surface area contributed by atoms with Gasteiger partial charge in [-0.3, -0.25) is 4.67 Å². The van der Waals surface area contributed by atoms with Crippen molar-refractivity contribution in [1.82, 2.24) is 4.67 Å². The molecule has 1 unspecified atom stereocenters. The van der Waals surface area contributed by atoms with Crippen molar-refractivity contribution in [1.29, 1.82) is 0 Å². The molecule has 0 aliphatic carbocycles. The topological polar surface area (TPSA) is 21.7 Å². The molecule has 0 spiro atoms. The molecule has 0 radical (unpaired) electrons. The molecule has 0 saturated carbocycles. The van der Waals surface area contributed by atoms with Crippen LogP contribution < -0.4 is 0 Å². The molecule has 1 aliphatic rings. The maximum absolute atomic E-state index is 6.35. The maximum Gasteiger partial charge on any atom is 0.108 e. The molecule has 0 aromatic carbocycles. The number of ether oxygens (including phenoxy) is 1. The van der Waals surface area contributed by atoms with Crippen LogP contribution in [0.25, 0.3) is 0 Å². The predicted molar refractivity (Wildman–Crippen MR) is 93.3 cm³/mol. The fraction of sp³-hybridized carbons (Fsp3) is 0.857. The molecular weight excluding hydrogens is 309 g/mol. The van der Waals surface area contributed by atoms with E-state index < -0.39 is 8.30 Å². The molecular formula is C14H26NO2PS2. The van der Waals surface area contributed by atoms with E-state index >= 15 is 0 Å². The third kappa shape index (κ3) is 5.75. The smallest absolute Gasteiger partial charge is 0.108 e. The number of hydrogen-bond acceptors (Lipinski definition) is 5. The summed E-state index contributed by atoms with van der Waals surface area (Å²) in [5.74, 6) is 4.47. The average Bonchev–Trinajstić information content (AvgIpc) is 2.36. The zero-order chi connectivity index (χ0) is 15.1. The lowest BCUT2D eigenvalue weighted by Crippen LogP contribution is -2.40. The largest absolute Gasteiger partial charge is 0.362 e. The molecule has 0 aromatic rings. The zero-order valence-corrected chi connectivity index (χ0v) is 15.6. The molecule has 1 heterocycles. The fourth-order valence-electron chi connectivity index (χ4n) is 2.35. The van der Waals surface area contributed by atoms with E-state index in [9.17, 15) is 0 Å². The second-order valence-electron chi connectivity index (χ2n) is 5.30. The summed E-state index contributed by atoms with van der Waals surface area (Å²) >= 11 is 0. The summed E-state index contributed by atoms with van der Waals surface area (Å²) in [4.78, 5) is 0. The molecule has 0 bridgehead atoms. The van der Waals surface area contributed by atoms with Crippen LogP contribution in [0, 0.1) is 12.3 Å². The Hall–Kier alpha value is 0.570. The van der Waals surface area contributed by atoms with Crippen LogP contribution in [0.15, 0.2) is 0 Å². The van der Waals surface area contributed by atoms with Crippen LogP contribution >= 0.6 is 29.9 Å². The van der Waals surface area contributed by atoms with E-state index in [2.05, 4.69) is 45.0 Å². The second kappa shape index (κ2) is 9.56. The fourth-order valence-corrected chi connectivity index (χ4v) is 6.90. The Balaban J connectivity index is 2.60. The third-order valence-electron chi connectivity index (χ3n) is 3.01. The number of hydrogen-bond donors (Lipinski definition) is 0. The van der Waals surface area contributed by atoms with Gasteiger partial charge in [0.25, 0.3) is 0 Å². The van der Waals surface area contributed by atoms with Crippen LogP contribution in [0.3, 0.4) is 0 Å². The van der Waals surface area contributed by atoms with Gasteiger partial charge in [0.2, 0.25) is 0 Å². The predicted octanol–water partition coefficient (Wildman–Crippen LogP) is 3.85. The summed E-state index contributed by atoms with van der Waals surface area (Å²) < 4.78 is 14.5. The SMILES string of the molecule is C#CCO[C@H]1CSSC[C@@H]1OP(C)N(C(C)C)C(C)C. The molecule has 1 saturated heterocycles. The highest BCUT2D eigenvalue weighted by molar-refractivity contribution is 8.76. The van der Waals surface area contributed by atoms with Crippen molar-refractivity contribution in [3.05, 3.63) is 0 Å². The number of nitrogens with zero attached hydrogens (tertiary/aromatic N) is 1. The molecule has 3 nitrogen and oxygen atoms in total. The van der Waals surface area contributed by atoms with E-state index in [1.165, 1.54) is 0 Å². The standard InChI is InChI=1S/C14H26NO2PS2/c1-7-8-16-13-9-19-20-10-14(13)17-18(6)15(11(2)3)12(4)5/h1,11-14H,8-10H2,2-6H3/t13-,14-,18?/m0/s1. The molecule has 20 heavy (non-hydrogen) atoms. The summed E-state index contributed by atoms with van der Waals surface area (Å²) in [5.41, 5.74) is 0. The van der Waals surface area contributed by atoms with E-state index in [1.807, 2.05) is 21.6 Å². The molecule has 3 atom stereocenters. The summed E-state index contributed by atoms with van der Waals surface area (Å²) in [6.45, 7) is 11.5. The van der Waals surface area contributed by atoms with Crippen LogP contribution in [0.5, 0.6) is 0 Å². The number of rotatable bonds is 7. The minimum absolute atomic E-state index is 0.114. The highest BCUT2D eigenvalue weighted by Gasteiger charge is 2.32. The van der Waals surface area contributed by atoms with Crippen LogP contribution in [0.1, 0.15) is 27.7 Å². The first-order valence-electron chi connectivity index (χ1n) is 6.95. The van der Waals surface area contributed by atoms with Gasteiger partial charge in [-0.2, -0.15) is 0 Å². The average molecular weight is 335 g/mol. The van der Waals surface area contributed by atoms with Crippen LogP contribution in [0.2, 0.25) is 0 Å². The van der Waals surface area contributed by atoms with E-state index in [1.54, 1.807) is 0 Å². The molecule has 1 fully saturated rings. The van der Waals surface area contributed by atoms with Crippen molar-refractivity contribution in [3.63, 3.8) is 0 Å².